The van der Waals surface area contributed by atoms with Gasteiger partial charge in [0, 0.05) is 51.6 Å². The van der Waals surface area contributed by atoms with Crippen molar-refractivity contribution in [3.05, 3.63) is 24.3 Å². The number of halogens is 3. The number of nitrogens with one attached hydrogen (secondary N) is 1. The number of ether oxygens (including phenoxy) is 2. The Kier molecular flexibility index (Phi) is 7.13. The van der Waals surface area contributed by atoms with Crippen LogP contribution in [0.15, 0.2) is 24.3 Å². The van der Waals surface area contributed by atoms with E-state index in [1.54, 1.807) is 12.1 Å². The van der Waals surface area contributed by atoms with Gasteiger partial charge in [-0.3, -0.25) is 0 Å². The fourth-order valence-corrected chi connectivity index (χ4v) is 5.91. The number of rotatable bonds is 7. The maximum Gasteiger partial charge on any atom is 0.422 e. The third-order valence-corrected chi connectivity index (χ3v) is 8.23. The summed E-state index contributed by atoms with van der Waals surface area (Å²) < 4.78 is 73.7. The monoisotopic (exact) mass is 453 g/mol. The van der Waals surface area contributed by atoms with Crippen LogP contribution in [0, 0.1) is 0 Å². The number of sulfonamides is 1. The van der Waals surface area contributed by atoms with Gasteiger partial charge in [0.1, 0.15) is 10.5 Å². The van der Waals surface area contributed by atoms with Gasteiger partial charge < -0.3 is 19.6 Å². The Morgan fingerprint density at radius 1 is 1.10 bits per heavy atom. The molecule has 1 aromatic carbocycles. The molecule has 0 atom stereocenters. The fourth-order valence-electron chi connectivity index (χ4n) is 3.79. The van der Waals surface area contributed by atoms with Crippen molar-refractivity contribution < 1.29 is 36.3 Å². The second kappa shape index (κ2) is 9.27. The van der Waals surface area contributed by atoms with Gasteiger partial charge >= 0.3 is 6.18 Å². The summed E-state index contributed by atoms with van der Waals surface area (Å²) >= 11 is 0. The van der Waals surface area contributed by atoms with Crippen molar-refractivity contribution in [1.82, 2.24) is 9.79 Å². The first kappa shape index (κ1) is 23.1. The number of nitrogens with zero attached hydrogens (tertiary/aromatic N) is 2. The standard InChI is InChI=1S/C18H26F3N3O5S/c19-18(20,21)14-29-16-3-1-15(2-4-16)23-7-9-24(10-8-23)30(26,27)17(13-22-25)5-11-28-12-6-17/h1-4,22,25H,5-14H2. The molecule has 12 heteroatoms. The third-order valence-electron chi connectivity index (χ3n) is 5.54. The minimum atomic E-state index is -4.39. The van der Waals surface area contributed by atoms with Gasteiger partial charge in [0.15, 0.2) is 6.61 Å². The van der Waals surface area contributed by atoms with Crippen molar-refractivity contribution in [2.45, 2.75) is 23.8 Å². The van der Waals surface area contributed by atoms with Crippen molar-refractivity contribution in [2.24, 2.45) is 0 Å². The number of alkyl halides is 3. The Hall–Kier alpha value is -1.60. The zero-order valence-corrected chi connectivity index (χ0v) is 17.2. The molecular formula is C18H26F3N3O5S. The van der Waals surface area contributed by atoms with Crippen LogP contribution in [0.2, 0.25) is 0 Å². The molecule has 0 unspecified atom stereocenters. The lowest BCUT2D eigenvalue weighted by Crippen LogP contribution is -2.59. The summed E-state index contributed by atoms with van der Waals surface area (Å²) in [6.45, 7) is 0.692. The van der Waals surface area contributed by atoms with Crippen LogP contribution in [0.5, 0.6) is 5.75 Å². The average molecular weight is 453 g/mol. The molecule has 8 nitrogen and oxygen atoms in total. The zero-order valence-electron chi connectivity index (χ0n) is 16.4. The molecule has 170 valence electrons. The van der Waals surface area contributed by atoms with Gasteiger partial charge in [0.25, 0.3) is 0 Å². The van der Waals surface area contributed by atoms with Gasteiger partial charge in [0.2, 0.25) is 10.0 Å². The van der Waals surface area contributed by atoms with E-state index in [1.807, 2.05) is 10.4 Å². The van der Waals surface area contributed by atoms with Crippen LogP contribution < -0.4 is 15.1 Å². The van der Waals surface area contributed by atoms with Gasteiger partial charge in [-0.1, -0.05) is 0 Å². The Balaban J connectivity index is 1.61. The number of benzene rings is 1. The minimum absolute atomic E-state index is 0.0572. The summed E-state index contributed by atoms with van der Waals surface area (Å²) in [5.41, 5.74) is 2.81. The van der Waals surface area contributed by atoms with Gasteiger partial charge in [-0.2, -0.15) is 17.5 Å². The Labute approximate surface area is 173 Å². The maximum absolute atomic E-state index is 13.3. The predicted octanol–water partition coefficient (Wildman–Crippen LogP) is 1.61. The zero-order chi connectivity index (χ0) is 21.8. The lowest BCUT2D eigenvalue weighted by Gasteiger charge is -2.43. The first-order valence-electron chi connectivity index (χ1n) is 9.66. The van der Waals surface area contributed by atoms with Crippen LogP contribution in [0.25, 0.3) is 0 Å². The molecule has 2 aliphatic rings. The van der Waals surface area contributed by atoms with Gasteiger partial charge in [-0.25, -0.2) is 13.9 Å². The van der Waals surface area contributed by atoms with Gasteiger partial charge in [0.05, 0.1) is 0 Å². The number of hydroxylamine groups is 1. The summed E-state index contributed by atoms with van der Waals surface area (Å²) in [5, 5.41) is 9.19. The number of piperazine rings is 1. The highest BCUT2D eigenvalue weighted by molar-refractivity contribution is 7.90. The second-order valence-corrected chi connectivity index (χ2v) is 9.75. The van der Waals surface area contributed by atoms with Crippen molar-refractivity contribution in [3.63, 3.8) is 0 Å². The topological polar surface area (TPSA) is 91.3 Å². The van der Waals surface area contributed by atoms with Crippen LogP contribution in [0.3, 0.4) is 0 Å². The Morgan fingerprint density at radius 2 is 1.70 bits per heavy atom. The highest BCUT2D eigenvalue weighted by Crippen LogP contribution is 2.33. The highest BCUT2D eigenvalue weighted by Gasteiger charge is 2.48. The molecule has 1 aromatic rings. The van der Waals surface area contributed by atoms with E-state index in [9.17, 15) is 26.8 Å². The lowest BCUT2D eigenvalue weighted by molar-refractivity contribution is -0.153. The molecule has 2 heterocycles. The first-order chi connectivity index (χ1) is 14.2. The van der Waals surface area contributed by atoms with Crippen molar-refractivity contribution in [1.29, 1.82) is 0 Å². The van der Waals surface area contributed by atoms with Gasteiger partial charge in [-0.05, 0) is 37.1 Å². The molecule has 0 saturated carbocycles. The van der Waals surface area contributed by atoms with E-state index in [4.69, 9.17) is 9.47 Å². The van der Waals surface area contributed by atoms with E-state index in [0.29, 0.717) is 39.1 Å². The molecular weight excluding hydrogens is 427 g/mol. The lowest BCUT2D eigenvalue weighted by atomic mass is 9.99. The summed E-state index contributed by atoms with van der Waals surface area (Å²) in [7, 11) is -3.66. The molecule has 2 saturated heterocycles. The average Bonchev–Trinajstić information content (AvgIpc) is 2.73. The first-order valence-corrected chi connectivity index (χ1v) is 11.1. The molecule has 30 heavy (non-hydrogen) atoms. The molecule has 2 aliphatic heterocycles. The molecule has 0 aromatic heterocycles. The summed E-state index contributed by atoms with van der Waals surface area (Å²) in [6, 6.07) is 6.25. The van der Waals surface area contributed by atoms with Crippen molar-refractivity contribution in [3.8, 4) is 5.75 Å². The molecule has 3 rings (SSSR count). The Morgan fingerprint density at radius 3 is 2.23 bits per heavy atom. The molecule has 0 spiro atoms. The Bertz CT molecular complexity index is 785. The molecule has 0 radical (unpaired) electrons. The number of hydrogen-bond donors (Lipinski definition) is 2. The molecule has 0 aliphatic carbocycles. The quantitative estimate of drug-likeness (QED) is 0.606. The summed E-state index contributed by atoms with van der Waals surface area (Å²) in [4.78, 5) is 1.97. The molecule has 2 N–H and O–H groups in total. The normalized spacial score (nSPS) is 20.9. The number of anilines is 1. The maximum atomic E-state index is 13.3. The van der Waals surface area contributed by atoms with Crippen LogP contribution in [0.4, 0.5) is 18.9 Å². The second-order valence-electron chi connectivity index (χ2n) is 7.42. The van der Waals surface area contributed by atoms with Crippen molar-refractivity contribution in [2.75, 3.05) is 57.4 Å². The van der Waals surface area contributed by atoms with E-state index in [2.05, 4.69) is 0 Å². The van der Waals surface area contributed by atoms with E-state index in [0.717, 1.165) is 5.69 Å². The van der Waals surface area contributed by atoms with Crippen molar-refractivity contribution >= 4 is 15.7 Å². The van der Waals surface area contributed by atoms with Crippen LogP contribution in [-0.4, -0.2) is 81.4 Å². The smallest absolute Gasteiger partial charge is 0.422 e. The third kappa shape index (κ3) is 5.17. The van der Waals surface area contributed by atoms with E-state index < -0.39 is 27.6 Å². The van der Waals surface area contributed by atoms with Crippen LogP contribution >= 0.6 is 0 Å². The number of hydrogen-bond acceptors (Lipinski definition) is 7. The molecule has 0 bridgehead atoms. The molecule has 0 amide bonds. The predicted molar refractivity (Wildman–Crippen MR) is 103 cm³/mol. The largest absolute Gasteiger partial charge is 0.484 e. The fraction of sp³-hybridized carbons (Fsp3) is 0.667. The SMILES string of the molecule is O=S(=O)(N1CCN(c2ccc(OCC(F)(F)F)cc2)CC1)C1(CNO)CCOCC1. The van der Waals surface area contributed by atoms with E-state index >= 15 is 0 Å². The van der Waals surface area contributed by atoms with Gasteiger partial charge in [-0.15, -0.1) is 0 Å². The minimum Gasteiger partial charge on any atom is -0.484 e. The van der Waals surface area contributed by atoms with E-state index in [-0.39, 0.29) is 25.4 Å². The van der Waals surface area contributed by atoms with E-state index in [1.165, 1.54) is 16.4 Å². The van der Waals surface area contributed by atoms with Crippen LogP contribution in [-0.2, 0) is 14.8 Å². The highest BCUT2D eigenvalue weighted by atomic mass is 32.2. The summed E-state index contributed by atoms with van der Waals surface area (Å²) in [5.74, 6) is 0.121. The molecule has 2 fully saturated rings. The summed E-state index contributed by atoms with van der Waals surface area (Å²) in [6.07, 6.45) is -3.78. The van der Waals surface area contributed by atoms with Crippen LogP contribution in [0.1, 0.15) is 12.8 Å².